The van der Waals surface area contributed by atoms with Crippen LogP contribution in [0.2, 0.25) is 0 Å². The topological polar surface area (TPSA) is 69.9 Å². The van der Waals surface area contributed by atoms with Gasteiger partial charge in [-0.2, -0.15) is 0 Å². The molecule has 6 nitrogen and oxygen atoms in total. The Bertz CT molecular complexity index is 502. The van der Waals surface area contributed by atoms with Crippen molar-refractivity contribution in [2.75, 3.05) is 26.7 Å². The molecule has 0 aromatic carbocycles. The minimum absolute atomic E-state index is 0. The Labute approximate surface area is 155 Å². The molecule has 1 saturated heterocycles. The zero-order valence-electron chi connectivity index (χ0n) is 14.0. The van der Waals surface area contributed by atoms with Gasteiger partial charge >= 0.3 is 0 Å². The normalized spacial score (nSPS) is 18.0. The Kier molecular flexibility index (Phi) is 8.43. The van der Waals surface area contributed by atoms with Crippen molar-refractivity contribution in [2.45, 2.75) is 32.7 Å². The van der Waals surface area contributed by atoms with E-state index in [-0.39, 0.29) is 41.8 Å². The summed E-state index contributed by atoms with van der Waals surface area (Å²) in [4.78, 5) is 18.2. The van der Waals surface area contributed by atoms with Gasteiger partial charge in [-0.3, -0.25) is 9.79 Å². The Morgan fingerprint density at radius 3 is 2.91 bits per heavy atom. The van der Waals surface area contributed by atoms with Crippen molar-refractivity contribution in [1.82, 2.24) is 15.5 Å². The second-order valence-corrected chi connectivity index (χ2v) is 5.90. The summed E-state index contributed by atoms with van der Waals surface area (Å²) in [6.07, 6.45) is 3.45. The van der Waals surface area contributed by atoms with E-state index in [0.717, 1.165) is 44.2 Å². The number of hydrogen-bond acceptors (Lipinski definition) is 3. The van der Waals surface area contributed by atoms with Crippen LogP contribution in [0.25, 0.3) is 0 Å². The molecule has 2 heterocycles. The first-order valence-corrected chi connectivity index (χ1v) is 7.88. The molecule has 1 aliphatic rings. The molecular weight excluding hydrogens is 407 g/mol. The molecule has 7 heteroatoms. The molecule has 2 rings (SSSR count). The molecule has 0 spiro atoms. The Morgan fingerprint density at radius 2 is 2.30 bits per heavy atom. The van der Waals surface area contributed by atoms with Crippen molar-refractivity contribution in [3.05, 3.63) is 24.2 Å². The predicted molar refractivity (Wildman–Crippen MR) is 102 cm³/mol. The fourth-order valence-electron chi connectivity index (χ4n) is 2.59. The van der Waals surface area contributed by atoms with E-state index in [2.05, 4.69) is 15.6 Å². The van der Waals surface area contributed by atoms with Crippen LogP contribution in [0.5, 0.6) is 0 Å². The lowest BCUT2D eigenvalue weighted by Gasteiger charge is -2.20. The summed E-state index contributed by atoms with van der Waals surface area (Å²) < 4.78 is 5.30. The first-order valence-electron chi connectivity index (χ1n) is 7.88. The molecule has 1 fully saturated rings. The summed E-state index contributed by atoms with van der Waals surface area (Å²) >= 11 is 0. The highest BCUT2D eigenvalue weighted by Gasteiger charge is 2.27. The van der Waals surface area contributed by atoms with Crippen molar-refractivity contribution in [2.24, 2.45) is 10.9 Å². The van der Waals surface area contributed by atoms with Gasteiger partial charge in [-0.25, -0.2) is 0 Å². The van der Waals surface area contributed by atoms with Gasteiger partial charge in [0.15, 0.2) is 5.96 Å². The van der Waals surface area contributed by atoms with Gasteiger partial charge in [0.1, 0.15) is 5.76 Å². The van der Waals surface area contributed by atoms with Crippen LogP contribution < -0.4 is 10.6 Å². The fourth-order valence-corrected chi connectivity index (χ4v) is 2.59. The van der Waals surface area contributed by atoms with E-state index in [1.54, 1.807) is 13.3 Å². The number of nitrogens with zero attached hydrogens (tertiary/aromatic N) is 2. The van der Waals surface area contributed by atoms with Crippen molar-refractivity contribution in [1.29, 1.82) is 0 Å². The molecule has 1 unspecified atom stereocenters. The van der Waals surface area contributed by atoms with Crippen LogP contribution in [-0.2, 0) is 11.2 Å². The lowest BCUT2D eigenvalue weighted by atomic mass is 10.2. The lowest BCUT2D eigenvalue weighted by molar-refractivity contribution is -0.133. The molecule has 0 saturated carbocycles. The first-order chi connectivity index (χ1) is 10.6. The number of carbonyl (C=O) groups excluding carboxylic acids is 1. The molecule has 1 aromatic rings. The summed E-state index contributed by atoms with van der Waals surface area (Å²) in [6.45, 7) is 6.21. The Hall–Kier alpha value is -1.25. The van der Waals surface area contributed by atoms with E-state index in [4.69, 9.17) is 4.42 Å². The monoisotopic (exact) mass is 434 g/mol. The average Bonchev–Trinajstić information content (AvgIpc) is 3.16. The molecule has 2 N–H and O–H groups in total. The zero-order chi connectivity index (χ0) is 15.9. The third kappa shape index (κ3) is 6.04. The van der Waals surface area contributed by atoms with E-state index in [0.29, 0.717) is 0 Å². The van der Waals surface area contributed by atoms with E-state index >= 15 is 0 Å². The fraction of sp³-hybridized carbons (Fsp3) is 0.625. The maximum atomic E-state index is 12.0. The number of likely N-dealkylation sites (tertiary alicyclic amines) is 1. The highest BCUT2D eigenvalue weighted by atomic mass is 127. The highest BCUT2D eigenvalue weighted by molar-refractivity contribution is 14.0. The third-order valence-corrected chi connectivity index (χ3v) is 3.80. The minimum atomic E-state index is 0. The minimum Gasteiger partial charge on any atom is -0.469 e. The summed E-state index contributed by atoms with van der Waals surface area (Å²) in [7, 11) is 1.76. The lowest BCUT2D eigenvalue weighted by Crippen LogP contribution is -2.45. The molecule has 23 heavy (non-hydrogen) atoms. The third-order valence-electron chi connectivity index (χ3n) is 3.80. The van der Waals surface area contributed by atoms with Crippen LogP contribution in [-0.4, -0.2) is 49.5 Å². The summed E-state index contributed by atoms with van der Waals surface area (Å²) in [5, 5.41) is 6.66. The van der Waals surface area contributed by atoms with Gasteiger partial charge < -0.3 is 20.0 Å². The number of halogens is 1. The van der Waals surface area contributed by atoms with E-state index in [1.165, 1.54) is 0 Å². The maximum absolute atomic E-state index is 12.0. The van der Waals surface area contributed by atoms with Gasteiger partial charge in [0, 0.05) is 45.1 Å². The van der Waals surface area contributed by atoms with Crippen LogP contribution in [0.15, 0.2) is 27.8 Å². The van der Waals surface area contributed by atoms with E-state index in [1.807, 2.05) is 30.9 Å². The number of furan rings is 1. The molecule has 0 radical (unpaired) electrons. The van der Waals surface area contributed by atoms with Gasteiger partial charge in [-0.1, -0.05) is 13.8 Å². The van der Waals surface area contributed by atoms with E-state index in [9.17, 15) is 4.79 Å². The van der Waals surface area contributed by atoms with Crippen molar-refractivity contribution in [3.8, 4) is 0 Å². The van der Waals surface area contributed by atoms with Gasteiger partial charge in [-0.05, 0) is 18.6 Å². The standard InChI is InChI=1S/C16H26N4O2.HI/c1-12(2)15(21)20-9-7-13(11-20)19-16(17-3)18-8-6-14-5-4-10-22-14;/h4-5,10,12-13H,6-9,11H2,1-3H3,(H2,17,18,19);1H. The number of amides is 1. The van der Waals surface area contributed by atoms with E-state index < -0.39 is 0 Å². The number of aliphatic imine (C=N–C) groups is 1. The number of nitrogens with one attached hydrogen (secondary N) is 2. The SMILES string of the molecule is CN=C(NCCc1ccco1)NC1CCN(C(=O)C(C)C)C1.I. The van der Waals surface area contributed by atoms with Gasteiger partial charge in [0.2, 0.25) is 5.91 Å². The molecule has 1 aliphatic heterocycles. The average molecular weight is 434 g/mol. The maximum Gasteiger partial charge on any atom is 0.225 e. The zero-order valence-corrected chi connectivity index (χ0v) is 16.4. The number of guanidine groups is 1. The molecule has 1 atom stereocenters. The first kappa shape index (κ1) is 19.8. The van der Waals surface area contributed by atoms with Crippen molar-refractivity contribution < 1.29 is 9.21 Å². The van der Waals surface area contributed by atoms with Gasteiger partial charge in [-0.15, -0.1) is 24.0 Å². The number of rotatable bonds is 5. The van der Waals surface area contributed by atoms with Gasteiger partial charge in [0.25, 0.3) is 0 Å². The highest BCUT2D eigenvalue weighted by Crippen LogP contribution is 2.12. The Morgan fingerprint density at radius 1 is 1.52 bits per heavy atom. The number of carbonyl (C=O) groups is 1. The smallest absolute Gasteiger partial charge is 0.225 e. The van der Waals surface area contributed by atoms with Crippen molar-refractivity contribution in [3.63, 3.8) is 0 Å². The van der Waals surface area contributed by atoms with Crippen molar-refractivity contribution >= 4 is 35.8 Å². The molecule has 1 aromatic heterocycles. The predicted octanol–water partition coefficient (Wildman–Crippen LogP) is 1.86. The van der Waals surface area contributed by atoms with Crippen LogP contribution >= 0.6 is 24.0 Å². The quantitative estimate of drug-likeness (QED) is 0.422. The largest absolute Gasteiger partial charge is 0.469 e. The molecule has 1 amide bonds. The van der Waals surface area contributed by atoms with Crippen LogP contribution in [0.3, 0.4) is 0 Å². The molecule has 0 aliphatic carbocycles. The summed E-state index contributed by atoms with van der Waals surface area (Å²) in [5.74, 6) is 2.02. The molecule has 130 valence electrons. The molecular formula is C16H27IN4O2. The molecule has 0 bridgehead atoms. The Balaban J connectivity index is 0.00000264. The number of hydrogen-bond donors (Lipinski definition) is 2. The second-order valence-electron chi connectivity index (χ2n) is 5.90. The second kappa shape index (κ2) is 9.79. The van der Waals surface area contributed by atoms with Crippen LogP contribution in [0.1, 0.15) is 26.0 Å². The van der Waals surface area contributed by atoms with Crippen LogP contribution in [0.4, 0.5) is 0 Å². The van der Waals surface area contributed by atoms with Crippen LogP contribution in [0, 0.1) is 5.92 Å². The summed E-state index contributed by atoms with van der Waals surface area (Å²) in [5.41, 5.74) is 0. The van der Waals surface area contributed by atoms with Gasteiger partial charge in [0.05, 0.1) is 6.26 Å². The summed E-state index contributed by atoms with van der Waals surface area (Å²) in [6, 6.07) is 4.11.